The van der Waals surface area contributed by atoms with Crippen molar-refractivity contribution in [3.63, 3.8) is 0 Å². The first-order chi connectivity index (χ1) is 9.79. The van der Waals surface area contributed by atoms with Gasteiger partial charge in [0.1, 0.15) is 0 Å². The van der Waals surface area contributed by atoms with Gasteiger partial charge in [0.15, 0.2) is 0 Å². The molecule has 0 bridgehead atoms. The van der Waals surface area contributed by atoms with Gasteiger partial charge in [-0.15, -0.1) is 0 Å². The van der Waals surface area contributed by atoms with E-state index in [9.17, 15) is 18.0 Å². The van der Waals surface area contributed by atoms with E-state index in [4.69, 9.17) is 11.0 Å². The van der Waals surface area contributed by atoms with Crippen LogP contribution in [0.3, 0.4) is 0 Å². The molecule has 2 rings (SSSR count). The standard InChI is InChI=1S/C14H14F3N3O/c1-2-9-5-10-11(20(9)7-12(19)21)4-3-8(6-18)13(10)14(15,16)17/h3-4,9H,2,5,7H2,1H3,(H2,19,21). The van der Waals surface area contributed by atoms with Crippen LogP contribution in [0.5, 0.6) is 0 Å². The van der Waals surface area contributed by atoms with Gasteiger partial charge in [0, 0.05) is 11.7 Å². The van der Waals surface area contributed by atoms with Crippen molar-refractivity contribution in [3.05, 3.63) is 28.8 Å². The molecule has 1 aliphatic heterocycles. The number of rotatable bonds is 3. The van der Waals surface area contributed by atoms with Crippen molar-refractivity contribution >= 4 is 11.6 Å². The fraction of sp³-hybridized carbons (Fsp3) is 0.429. The Balaban J connectivity index is 2.61. The quantitative estimate of drug-likeness (QED) is 0.929. The second kappa shape index (κ2) is 5.28. The van der Waals surface area contributed by atoms with Gasteiger partial charge in [-0.2, -0.15) is 18.4 Å². The molecule has 112 valence electrons. The third-order valence-electron chi connectivity index (χ3n) is 3.68. The molecule has 21 heavy (non-hydrogen) atoms. The first kappa shape index (κ1) is 15.2. The number of anilines is 1. The number of hydrogen-bond acceptors (Lipinski definition) is 3. The maximum absolute atomic E-state index is 13.3. The van der Waals surface area contributed by atoms with E-state index >= 15 is 0 Å². The lowest BCUT2D eigenvalue weighted by molar-refractivity contribution is -0.138. The fourth-order valence-corrected chi connectivity index (χ4v) is 2.82. The summed E-state index contributed by atoms with van der Waals surface area (Å²) < 4.78 is 39.8. The first-order valence-corrected chi connectivity index (χ1v) is 6.47. The van der Waals surface area contributed by atoms with Gasteiger partial charge in [-0.05, 0) is 30.5 Å². The molecule has 0 saturated carbocycles. The minimum absolute atomic E-state index is 0.0784. The molecule has 0 aromatic heterocycles. The van der Waals surface area contributed by atoms with Crippen LogP contribution >= 0.6 is 0 Å². The number of halogens is 3. The van der Waals surface area contributed by atoms with E-state index in [1.807, 2.05) is 6.92 Å². The van der Waals surface area contributed by atoms with E-state index < -0.39 is 23.2 Å². The third-order valence-corrected chi connectivity index (χ3v) is 3.68. The van der Waals surface area contributed by atoms with Crippen LogP contribution in [-0.2, 0) is 17.4 Å². The molecule has 1 heterocycles. The van der Waals surface area contributed by atoms with Gasteiger partial charge >= 0.3 is 6.18 Å². The molecule has 0 spiro atoms. The Morgan fingerprint density at radius 2 is 2.19 bits per heavy atom. The normalized spacial score (nSPS) is 17.5. The summed E-state index contributed by atoms with van der Waals surface area (Å²) in [7, 11) is 0. The largest absolute Gasteiger partial charge is 0.418 e. The zero-order valence-corrected chi connectivity index (χ0v) is 11.4. The van der Waals surface area contributed by atoms with Crippen molar-refractivity contribution in [1.29, 1.82) is 5.26 Å². The van der Waals surface area contributed by atoms with Crippen LogP contribution in [0.2, 0.25) is 0 Å². The summed E-state index contributed by atoms with van der Waals surface area (Å²) in [4.78, 5) is 12.7. The van der Waals surface area contributed by atoms with Gasteiger partial charge in [0.2, 0.25) is 5.91 Å². The number of nitrogens with zero attached hydrogens (tertiary/aromatic N) is 2. The monoisotopic (exact) mass is 297 g/mol. The molecule has 1 aromatic carbocycles. The molecule has 2 N–H and O–H groups in total. The average Bonchev–Trinajstić information content (AvgIpc) is 2.73. The van der Waals surface area contributed by atoms with Crippen LogP contribution in [0.1, 0.15) is 30.0 Å². The van der Waals surface area contributed by atoms with Crippen molar-refractivity contribution in [1.82, 2.24) is 0 Å². The number of nitriles is 1. The van der Waals surface area contributed by atoms with E-state index in [2.05, 4.69) is 0 Å². The maximum Gasteiger partial charge on any atom is 0.418 e. The van der Waals surface area contributed by atoms with Crippen LogP contribution in [-0.4, -0.2) is 18.5 Å². The summed E-state index contributed by atoms with van der Waals surface area (Å²) in [6, 6.07) is 3.98. The summed E-state index contributed by atoms with van der Waals surface area (Å²) >= 11 is 0. The predicted molar refractivity (Wildman–Crippen MR) is 70.5 cm³/mol. The number of nitrogens with two attached hydrogens (primary N) is 1. The molecule has 1 unspecified atom stereocenters. The molecule has 0 aliphatic carbocycles. The van der Waals surface area contributed by atoms with Crippen molar-refractivity contribution in [2.24, 2.45) is 5.73 Å². The lowest BCUT2D eigenvalue weighted by Crippen LogP contribution is -2.38. The molecule has 1 aromatic rings. The summed E-state index contributed by atoms with van der Waals surface area (Å²) in [6.07, 6.45) is -3.86. The van der Waals surface area contributed by atoms with Crippen LogP contribution in [0.15, 0.2) is 12.1 Å². The number of hydrogen-bond donors (Lipinski definition) is 1. The summed E-state index contributed by atoms with van der Waals surface area (Å²) in [5.41, 5.74) is 4.30. The predicted octanol–water partition coefficient (Wildman–Crippen LogP) is 2.20. The van der Waals surface area contributed by atoms with E-state index in [-0.39, 0.29) is 24.6 Å². The molecule has 1 amide bonds. The lowest BCUT2D eigenvalue weighted by atomic mass is 9.97. The van der Waals surface area contributed by atoms with Gasteiger partial charge in [-0.3, -0.25) is 4.79 Å². The highest BCUT2D eigenvalue weighted by atomic mass is 19.4. The smallest absolute Gasteiger partial charge is 0.368 e. The molecule has 0 fully saturated rings. The molecule has 0 radical (unpaired) electrons. The fourth-order valence-electron chi connectivity index (χ4n) is 2.82. The number of fused-ring (bicyclic) bond motifs is 1. The van der Waals surface area contributed by atoms with E-state index in [0.29, 0.717) is 12.1 Å². The van der Waals surface area contributed by atoms with Crippen molar-refractivity contribution in [3.8, 4) is 6.07 Å². The molecule has 1 aliphatic rings. The highest BCUT2D eigenvalue weighted by Gasteiger charge is 2.41. The van der Waals surface area contributed by atoms with Gasteiger partial charge in [-0.1, -0.05) is 6.92 Å². The van der Waals surface area contributed by atoms with Crippen LogP contribution in [0, 0.1) is 11.3 Å². The lowest BCUT2D eigenvalue weighted by Gasteiger charge is -2.25. The Hall–Kier alpha value is -2.23. The van der Waals surface area contributed by atoms with Crippen LogP contribution < -0.4 is 10.6 Å². The minimum Gasteiger partial charge on any atom is -0.368 e. The molecule has 7 heteroatoms. The Morgan fingerprint density at radius 3 is 2.67 bits per heavy atom. The second-order valence-electron chi connectivity index (χ2n) is 4.96. The summed E-state index contributed by atoms with van der Waals surface area (Å²) in [5.74, 6) is -0.598. The zero-order chi connectivity index (χ0) is 15.8. The Bertz CT molecular complexity index is 619. The summed E-state index contributed by atoms with van der Waals surface area (Å²) in [5, 5.41) is 8.91. The zero-order valence-electron chi connectivity index (χ0n) is 11.4. The van der Waals surface area contributed by atoms with Crippen molar-refractivity contribution in [2.75, 3.05) is 11.4 Å². The number of primary amides is 1. The average molecular weight is 297 g/mol. The molecular weight excluding hydrogens is 283 g/mol. The van der Waals surface area contributed by atoms with Crippen LogP contribution in [0.25, 0.3) is 0 Å². The Labute approximate surface area is 119 Å². The number of carbonyl (C=O) groups excluding carboxylic acids is 1. The Kier molecular flexibility index (Phi) is 3.81. The number of benzene rings is 1. The van der Waals surface area contributed by atoms with Gasteiger partial charge < -0.3 is 10.6 Å². The first-order valence-electron chi connectivity index (χ1n) is 6.47. The number of alkyl halides is 3. The van der Waals surface area contributed by atoms with Gasteiger partial charge in [-0.25, -0.2) is 0 Å². The van der Waals surface area contributed by atoms with Crippen LogP contribution in [0.4, 0.5) is 18.9 Å². The van der Waals surface area contributed by atoms with Crippen molar-refractivity contribution in [2.45, 2.75) is 32.0 Å². The van der Waals surface area contributed by atoms with Gasteiger partial charge in [0.05, 0.1) is 23.7 Å². The number of carbonyl (C=O) groups is 1. The highest BCUT2D eigenvalue weighted by Crippen LogP contribution is 2.43. The SMILES string of the molecule is CCC1Cc2c(ccc(C#N)c2C(F)(F)F)N1CC(N)=O. The van der Waals surface area contributed by atoms with E-state index in [0.717, 1.165) is 6.07 Å². The minimum atomic E-state index is -4.60. The third kappa shape index (κ3) is 2.66. The molecular formula is C14H14F3N3O. The Morgan fingerprint density at radius 1 is 1.52 bits per heavy atom. The maximum atomic E-state index is 13.3. The van der Waals surface area contributed by atoms with E-state index in [1.165, 1.54) is 6.07 Å². The highest BCUT2D eigenvalue weighted by molar-refractivity contribution is 5.81. The van der Waals surface area contributed by atoms with Gasteiger partial charge in [0.25, 0.3) is 0 Å². The molecule has 4 nitrogen and oxygen atoms in total. The van der Waals surface area contributed by atoms with Crippen molar-refractivity contribution < 1.29 is 18.0 Å². The second-order valence-corrected chi connectivity index (χ2v) is 4.96. The topological polar surface area (TPSA) is 70.1 Å². The summed E-state index contributed by atoms with van der Waals surface area (Å²) in [6.45, 7) is 1.71. The molecule has 1 atom stereocenters. The number of amides is 1. The molecule has 0 saturated heterocycles. The van der Waals surface area contributed by atoms with E-state index in [1.54, 1.807) is 11.0 Å².